The molecule has 1 aromatic rings. The first-order valence-corrected chi connectivity index (χ1v) is 6.03. The molecule has 1 fully saturated rings. The van der Waals surface area contributed by atoms with E-state index >= 15 is 0 Å². The third-order valence-corrected chi connectivity index (χ3v) is 3.17. The molecule has 1 aromatic carbocycles. The highest BCUT2D eigenvalue weighted by Crippen LogP contribution is 2.22. The van der Waals surface area contributed by atoms with Crippen LogP contribution in [0, 0.1) is 5.82 Å². The van der Waals surface area contributed by atoms with E-state index in [2.05, 4.69) is 22.6 Å². The summed E-state index contributed by atoms with van der Waals surface area (Å²) in [4.78, 5) is 13.0. The maximum absolute atomic E-state index is 12.7. The number of alkyl halides is 1. The lowest BCUT2D eigenvalue weighted by Crippen LogP contribution is -2.24. The van der Waals surface area contributed by atoms with Gasteiger partial charge in [0.25, 0.3) is 0 Å². The van der Waals surface area contributed by atoms with Crippen LogP contribution in [0.4, 0.5) is 14.9 Å². The number of halogens is 2. The van der Waals surface area contributed by atoms with Crippen molar-refractivity contribution in [2.75, 3.05) is 15.9 Å². The molecule has 0 aromatic heterocycles. The number of hydrogen-bond donors (Lipinski definition) is 0. The second-order valence-electron chi connectivity index (χ2n) is 3.25. The van der Waals surface area contributed by atoms with Gasteiger partial charge in [0, 0.05) is 10.1 Å². The molecular weight excluding hydrogens is 312 g/mol. The molecule has 5 heteroatoms. The molecule has 1 saturated heterocycles. The molecule has 1 atom stereocenters. The number of carbonyl (C=O) groups is 1. The van der Waals surface area contributed by atoms with Gasteiger partial charge in [-0.3, -0.25) is 4.90 Å². The molecule has 1 aliphatic rings. The molecular formula is C10H9FINO2. The number of ether oxygens (including phenoxy) is 1. The van der Waals surface area contributed by atoms with Crippen LogP contribution < -0.4 is 4.90 Å². The molecule has 1 unspecified atom stereocenters. The van der Waals surface area contributed by atoms with Gasteiger partial charge in [-0.25, -0.2) is 9.18 Å². The molecule has 0 N–H and O–H groups in total. The number of rotatable bonds is 2. The van der Waals surface area contributed by atoms with E-state index in [0.717, 1.165) is 4.43 Å². The van der Waals surface area contributed by atoms with Crippen LogP contribution in [0.25, 0.3) is 0 Å². The van der Waals surface area contributed by atoms with Crippen LogP contribution in [0.5, 0.6) is 0 Å². The summed E-state index contributed by atoms with van der Waals surface area (Å²) >= 11 is 2.17. The molecule has 0 aliphatic carbocycles. The van der Waals surface area contributed by atoms with Crippen LogP contribution in [0.15, 0.2) is 24.3 Å². The summed E-state index contributed by atoms with van der Waals surface area (Å²) in [5.74, 6) is -0.309. The Morgan fingerprint density at radius 3 is 2.67 bits per heavy atom. The summed E-state index contributed by atoms with van der Waals surface area (Å²) in [6.45, 7) is 0.535. The predicted octanol–water partition coefficient (Wildman–Crippen LogP) is 2.59. The third-order valence-electron chi connectivity index (χ3n) is 2.18. The topological polar surface area (TPSA) is 29.5 Å². The number of cyclic esters (lactones) is 1. The SMILES string of the molecule is O=C1OC(CI)CN1c1ccc(F)cc1. The zero-order valence-corrected chi connectivity index (χ0v) is 9.98. The second kappa shape index (κ2) is 4.34. The Hall–Kier alpha value is -0.850. The number of carbonyl (C=O) groups excluding carboxylic acids is 1. The lowest BCUT2D eigenvalue weighted by molar-refractivity contribution is 0.153. The fraction of sp³-hybridized carbons (Fsp3) is 0.300. The van der Waals surface area contributed by atoms with E-state index in [1.54, 1.807) is 12.1 Å². The summed E-state index contributed by atoms with van der Waals surface area (Å²) in [6, 6.07) is 5.82. The van der Waals surface area contributed by atoms with E-state index in [1.807, 2.05) is 0 Å². The van der Waals surface area contributed by atoms with Crippen LogP contribution in [0.1, 0.15) is 0 Å². The minimum absolute atomic E-state index is 0.0665. The molecule has 0 spiro atoms. The lowest BCUT2D eigenvalue weighted by Gasteiger charge is -2.12. The van der Waals surface area contributed by atoms with Crippen LogP contribution >= 0.6 is 22.6 Å². The van der Waals surface area contributed by atoms with Gasteiger partial charge in [-0.05, 0) is 24.3 Å². The largest absolute Gasteiger partial charge is 0.443 e. The highest BCUT2D eigenvalue weighted by molar-refractivity contribution is 14.1. The number of hydrogen-bond acceptors (Lipinski definition) is 2. The molecule has 0 bridgehead atoms. The molecule has 0 saturated carbocycles. The second-order valence-corrected chi connectivity index (χ2v) is 4.13. The van der Waals surface area contributed by atoms with Crippen molar-refractivity contribution in [3.8, 4) is 0 Å². The quantitative estimate of drug-likeness (QED) is 0.619. The van der Waals surface area contributed by atoms with E-state index in [9.17, 15) is 9.18 Å². The van der Waals surface area contributed by atoms with Gasteiger partial charge in [0.1, 0.15) is 11.9 Å². The van der Waals surface area contributed by atoms with Crippen molar-refractivity contribution < 1.29 is 13.9 Å². The van der Waals surface area contributed by atoms with Crippen molar-refractivity contribution in [2.45, 2.75) is 6.10 Å². The lowest BCUT2D eigenvalue weighted by atomic mass is 10.3. The molecule has 15 heavy (non-hydrogen) atoms. The third kappa shape index (κ3) is 2.22. The van der Waals surface area contributed by atoms with Crippen LogP contribution in [-0.2, 0) is 4.74 Å². The Labute approximate surface area is 100 Å². The Balaban J connectivity index is 2.18. The van der Waals surface area contributed by atoms with Gasteiger partial charge in [-0.15, -0.1) is 0 Å². The normalized spacial score (nSPS) is 20.5. The van der Waals surface area contributed by atoms with Crippen LogP contribution in [0.2, 0.25) is 0 Å². The van der Waals surface area contributed by atoms with Crippen LogP contribution in [-0.4, -0.2) is 23.2 Å². The fourth-order valence-corrected chi connectivity index (χ4v) is 1.89. The number of anilines is 1. The summed E-state index contributed by atoms with van der Waals surface area (Å²) in [7, 11) is 0. The Morgan fingerprint density at radius 2 is 2.13 bits per heavy atom. The molecule has 80 valence electrons. The van der Waals surface area contributed by atoms with Crippen molar-refractivity contribution in [3.05, 3.63) is 30.1 Å². The first kappa shape index (κ1) is 10.7. The van der Waals surface area contributed by atoms with Crippen molar-refractivity contribution >= 4 is 34.4 Å². The van der Waals surface area contributed by atoms with Gasteiger partial charge in [0.05, 0.1) is 6.54 Å². The fourth-order valence-electron chi connectivity index (χ4n) is 1.43. The monoisotopic (exact) mass is 321 g/mol. The van der Waals surface area contributed by atoms with Crippen molar-refractivity contribution in [1.29, 1.82) is 0 Å². The van der Waals surface area contributed by atoms with E-state index in [0.29, 0.717) is 12.2 Å². The standard InChI is InChI=1S/C10H9FINO2/c11-7-1-3-8(4-2-7)13-6-9(5-12)15-10(13)14/h1-4,9H,5-6H2. The predicted molar refractivity (Wildman–Crippen MR) is 62.9 cm³/mol. The van der Waals surface area contributed by atoms with Gasteiger partial charge in [-0.1, -0.05) is 22.6 Å². The highest BCUT2D eigenvalue weighted by atomic mass is 127. The van der Waals surface area contributed by atoms with E-state index in [1.165, 1.54) is 17.0 Å². The summed E-state index contributed by atoms with van der Waals surface area (Å²) in [6.07, 6.45) is -0.425. The minimum Gasteiger partial charge on any atom is -0.443 e. The van der Waals surface area contributed by atoms with Gasteiger partial charge in [-0.2, -0.15) is 0 Å². The minimum atomic E-state index is -0.358. The Bertz CT molecular complexity index is 368. The smallest absolute Gasteiger partial charge is 0.414 e. The van der Waals surface area contributed by atoms with Crippen LogP contribution in [0.3, 0.4) is 0 Å². The zero-order valence-electron chi connectivity index (χ0n) is 7.82. The number of nitrogens with zero attached hydrogens (tertiary/aromatic N) is 1. The Morgan fingerprint density at radius 1 is 1.47 bits per heavy atom. The summed E-state index contributed by atoms with van der Waals surface area (Å²) < 4.78 is 18.5. The summed E-state index contributed by atoms with van der Waals surface area (Å²) in [5, 5.41) is 0. The van der Waals surface area contributed by atoms with Gasteiger partial charge >= 0.3 is 6.09 Å². The average Bonchev–Trinajstić information content (AvgIpc) is 2.61. The molecule has 1 amide bonds. The van der Waals surface area contributed by atoms with Crippen molar-refractivity contribution in [2.24, 2.45) is 0 Å². The van der Waals surface area contributed by atoms with Gasteiger partial charge in [0.2, 0.25) is 0 Å². The number of amides is 1. The first-order chi connectivity index (χ1) is 7.20. The molecule has 3 nitrogen and oxygen atoms in total. The zero-order chi connectivity index (χ0) is 10.8. The molecule has 2 rings (SSSR count). The first-order valence-electron chi connectivity index (χ1n) is 4.50. The Kier molecular flexibility index (Phi) is 3.08. The molecule has 1 aliphatic heterocycles. The van der Waals surface area contributed by atoms with E-state index in [-0.39, 0.29) is 18.0 Å². The number of benzene rings is 1. The highest BCUT2D eigenvalue weighted by Gasteiger charge is 2.31. The van der Waals surface area contributed by atoms with Gasteiger partial charge < -0.3 is 4.74 Å². The maximum Gasteiger partial charge on any atom is 0.414 e. The van der Waals surface area contributed by atoms with Crippen molar-refractivity contribution in [3.63, 3.8) is 0 Å². The van der Waals surface area contributed by atoms with Gasteiger partial charge in [0.15, 0.2) is 0 Å². The van der Waals surface area contributed by atoms with E-state index < -0.39 is 0 Å². The summed E-state index contributed by atoms with van der Waals surface area (Å²) in [5.41, 5.74) is 0.675. The van der Waals surface area contributed by atoms with E-state index in [4.69, 9.17) is 4.74 Å². The average molecular weight is 321 g/mol. The maximum atomic E-state index is 12.7. The molecule has 1 heterocycles. The molecule has 0 radical (unpaired) electrons. The van der Waals surface area contributed by atoms with Crippen molar-refractivity contribution in [1.82, 2.24) is 0 Å².